The van der Waals surface area contributed by atoms with Crippen LogP contribution in [0.4, 0.5) is 0 Å². The van der Waals surface area contributed by atoms with Gasteiger partial charge in [-0.2, -0.15) is 0 Å². The molecule has 2 rings (SSSR count). The molecule has 17 heavy (non-hydrogen) atoms. The van der Waals surface area contributed by atoms with Crippen LogP contribution in [0.15, 0.2) is 0 Å². The van der Waals surface area contributed by atoms with E-state index in [0.717, 1.165) is 24.8 Å². The first-order valence-corrected chi connectivity index (χ1v) is 7.57. The highest BCUT2D eigenvalue weighted by molar-refractivity contribution is 4.83. The summed E-state index contributed by atoms with van der Waals surface area (Å²) >= 11 is 0. The van der Waals surface area contributed by atoms with E-state index < -0.39 is 0 Å². The number of rotatable bonds is 3. The Kier molecular flexibility index (Phi) is 4.87. The minimum atomic E-state index is -0.0353. The molecule has 0 spiro atoms. The number of hydrogen-bond donors (Lipinski definition) is 1. The molecular weight excluding hydrogens is 210 g/mol. The first kappa shape index (κ1) is 13.4. The van der Waals surface area contributed by atoms with E-state index in [2.05, 4.69) is 18.7 Å². The maximum absolute atomic E-state index is 10.2. The third-order valence-corrected chi connectivity index (χ3v) is 4.87. The van der Waals surface area contributed by atoms with Crippen molar-refractivity contribution in [3.05, 3.63) is 0 Å². The number of nitrogens with zero attached hydrogens (tertiary/aromatic N) is 1. The van der Waals surface area contributed by atoms with Crippen LogP contribution in [0.1, 0.15) is 52.4 Å². The van der Waals surface area contributed by atoms with E-state index in [1.807, 2.05) is 0 Å². The highest BCUT2D eigenvalue weighted by Gasteiger charge is 2.31. The lowest BCUT2D eigenvalue weighted by Crippen LogP contribution is -2.41. The molecule has 3 atom stereocenters. The summed E-state index contributed by atoms with van der Waals surface area (Å²) < 4.78 is 0. The van der Waals surface area contributed by atoms with Gasteiger partial charge in [0.1, 0.15) is 0 Å². The van der Waals surface area contributed by atoms with Crippen molar-refractivity contribution in [3.63, 3.8) is 0 Å². The van der Waals surface area contributed by atoms with Gasteiger partial charge in [-0.05, 0) is 62.9 Å². The topological polar surface area (TPSA) is 23.5 Å². The second kappa shape index (κ2) is 6.19. The molecule has 1 aliphatic carbocycles. The van der Waals surface area contributed by atoms with Crippen LogP contribution < -0.4 is 0 Å². The Morgan fingerprint density at radius 2 is 1.82 bits per heavy atom. The van der Waals surface area contributed by atoms with Crippen molar-refractivity contribution in [2.24, 2.45) is 17.8 Å². The zero-order chi connectivity index (χ0) is 12.3. The predicted octanol–water partition coefficient (Wildman–Crippen LogP) is 2.91. The van der Waals surface area contributed by atoms with Crippen molar-refractivity contribution in [2.75, 3.05) is 19.6 Å². The van der Waals surface area contributed by atoms with Gasteiger partial charge >= 0.3 is 0 Å². The van der Waals surface area contributed by atoms with Crippen LogP contribution in [0.25, 0.3) is 0 Å². The van der Waals surface area contributed by atoms with E-state index in [-0.39, 0.29) is 6.10 Å². The van der Waals surface area contributed by atoms with E-state index in [1.54, 1.807) is 0 Å². The molecule has 0 bridgehead atoms. The molecule has 1 heterocycles. The summed E-state index contributed by atoms with van der Waals surface area (Å²) in [6.07, 6.45) is 7.59. The summed E-state index contributed by atoms with van der Waals surface area (Å²) in [5.41, 5.74) is 0. The molecule has 1 saturated carbocycles. The SMILES string of the molecule is CC(C)C1CCC(O)C(CN2CCCCC2)C1. The Bertz CT molecular complexity index is 223. The van der Waals surface area contributed by atoms with Gasteiger partial charge in [0, 0.05) is 6.54 Å². The quantitative estimate of drug-likeness (QED) is 0.818. The highest BCUT2D eigenvalue weighted by atomic mass is 16.3. The van der Waals surface area contributed by atoms with E-state index >= 15 is 0 Å². The van der Waals surface area contributed by atoms with Crippen LogP contribution in [0.3, 0.4) is 0 Å². The molecular formula is C15H29NO. The summed E-state index contributed by atoms with van der Waals surface area (Å²) in [7, 11) is 0. The van der Waals surface area contributed by atoms with Gasteiger partial charge < -0.3 is 10.0 Å². The van der Waals surface area contributed by atoms with Crippen LogP contribution in [-0.2, 0) is 0 Å². The first-order chi connectivity index (χ1) is 8.16. The predicted molar refractivity (Wildman–Crippen MR) is 72.0 cm³/mol. The van der Waals surface area contributed by atoms with Crippen molar-refractivity contribution in [3.8, 4) is 0 Å². The number of aliphatic hydroxyl groups excluding tert-OH is 1. The lowest BCUT2D eigenvalue weighted by atomic mass is 9.74. The summed E-state index contributed by atoms with van der Waals surface area (Å²) in [6, 6.07) is 0. The van der Waals surface area contributed by atoms with Crippen LogP contribution in [0.2, 0.25) is 0 Å². The van der Waals surface area contributed by atoms with E-state index in [9.17, 15) is 5.11 Å². The van der Waals surface area contributed by atoms with Gasteiger partial charge in [0.2, 0.25) is 0 Å². The molecule has 2 aliphatic rings. The lowest BCUT2D eigenvalue weighted by molar-refractivity contribution is 0.0156. The van der Waals surface area contributed by atoms with Gasteiger partial charge in [-0.15, -0.1) is 0 Å². The van der Waals surface area contributed by atoms with Gasteiger partial charge in [0.15, 0.2) is 0 Å². The Balaban J connectivity index is 1.84. The fraction of sp³-hybridized carbons (Fsp3) is 1.00. The van der Waals surface area contributed by atoms with Crippen molar-refractivity contribution < 1.29 is 5.11 Å². The zero-order valence-electron chi connectivity index (χ0n) is 11.6. The number of piperidine rings is 1. The van der Waals surface area contributed by atoms with Crippen LogP contribution in [-0.4, -0.2) is 35.7 Å². The molecule has 0 amide bonds. The molecule has 0 aromatic carbocycles. The molecule has 2 fully saturated rings. The standard InChI is InChI=1S/C15H29NO/c1-12(2)13-6-7-15(17)14(10-13)11-16-8-4-3-5-9-16/h12-15,17H,3-11H2,1-2H3. The van der Waals surface area contributed by atoms with Crippen molar-refractivity contribution in [1.29, 1.82) is 0 Å². The molecule has 2 heteroatoms. The van der Waals surface area contributed by atoms with Crippen LogP contribution in [0.5, 0.6) is 0 Å². The normalized spacial score (nSPS) is 36.4. The summed E-state index contributed by atoms with van der Waals surface area (Å²) in [5, 5.41) is 10.2. The maximum atomic E-state index is 10.2. The Morgan fingerprint density at radius 1 is 1.12 bits per heavy atom. The minimum Gasteiger partial charge on any atom is -0.393 e. The second-order valence-electron chi connectivity index (χ2n) is 6.51. The summed E-state index contributed by atoms with van der Waals surface area (Å²) in [5.74, 6) is 2.16. The average molecular weight is 239 g/mol. The van der Waals surface area contributed by atoms with Gasteiger partial charge in [-0.3, -0.25) is 0 Å². The number of aliphatic hydroxyl groups is 1. The molecule has 0 aromatic heterocycles. The molecule has 0 radical (unpaired) electrons. The van der Waals surface area contributed by atoms with Crippen LogP contribution >= 0.6 is 0 Å². The Hall–Kier alpha value is -0.0800. The first-order valence-electron chi connectivity index (χ1n) is 7.57. The summed E-state index contributed by atoms with van der Waals surface area (Å²) in [4.78, 5) is 2.58. The van der Waals surface area contributed by atoms with Crippen molar-refractivity contribution in [2.45, 2.75) is 58.5 Å². The zero-order valence-corrected chi connectivity index (χ0v) is 11.6. The molecule has 1 N–H and O–H groups in total. The lowest BCUT2D eigenvalue weighted by Gasteiger charge is -2.39. The number of hydrogen-bond acceptors (Lipinski definition) is 2. The van der Waals surface area contributed by atoms with E-state index in [4.69, 9.17) is 0 Å². The molecule has 1 saturated heterocycles. The molecule has 100 valence electrons. The minimum absolute atomic E-state index is 0.0353. The molecule has 1 aliphatic heterocycles. The number of likely N-dealkylation sites (tertiary alicyclic amines) is 1. The Morgan fingerprint density at radius 3 is 2.47 bits per heavy atom. The molecule has 0 aromatic rings. The third-order valence-electron chi connectivity index (χ3n) is 4.87. The smallest absolute Gasteiger partial charge is 0.0580 e. The largest absolute Gasteiger partial charge is 0.393 e. The van der Waals surface area contributed by atoms with Gasteiger partial charge in [0.25, 0.3) is 0 Å². The van der Waals surface area contributed by atoms with Crippen LogP contribution in [0, 0.1) is 17.8 Å². The van der Waals surface area contributed by atoms with E-state index in [0.29, 0.717) is 5.92 Å². The van der Waals surface area contributed by atoms with Crippen molar-refractivity contribution >= 4 is 0 Å². The summed E-state index contributed by atoms with van der Waals surface area (Å²) in [6.45, 7) is 8.33. The van der Waals surface area contributed by atoms with Gasteiger partial charge in [0.05, 0.1) is 6.10 Å². The highest BCUT2D eigenvalue weighted by Crippen LogP contribution is 2.34. The van der Waals surface area contributed by atoms with Gasteiger partial charge in [-0.1, -0.05) is 20.3 Å². The fourth-order valence-electron chi connectivity index (χ4n) is 3.56. The van der Waals surface area contributed by atoms with Crippen molar-refractivity contribution in [1.82, 2.24) is 4.90 Å². The Labute approximate surface area is 106 Å². The maximum Gasteiger partial charge on any atom is 0.0580 e. The molecule has 2 nitrogen and oxygen atoms in total. The second-order valence-corrected chi connectivity index (χ2v) is 6.51. The van der Waals surface area contributed by atoms with Gasteiger partial charge in [-0.25, -0.2) is 0 Å². The van der Waals surface area contributed by atoms with E-state index in [1.165, 1.54) is 45.2 Å². The third kappa shape index (κ3) is 3.69. The molecule has 3 unspecified atom stereocenters. The fourth-order valence-corrected chi connectivity index (χ4v) is 3.56. The monoisotopic (exact) mass is 239 g/mol. The average Bonchev–Trinajstić information content (AvgIpc) is 2.33.